The highest BCUT2D eigenvalue weighted by atomic mass is 16.5. The number of hydrogen-bond acceptors (Lipinski definition) is 3. The molecule has 0 spiro atoms. The number of carbonyl (C=O) groups excluding carboxylic acids is 1. The van der Waals surface area contributed by atoms with E-state index in [9.17, 15) is 9.59 Å². The predicted molar refractivity (Wildman–Crippen MR) is 63.5 cm³/mol. The number of rotatable bonds is 5. The van der Waals surface area contributed by atoms with Crippen molar-refractivity contribution >= 4 is 11.9 Å². The highest BCUT2D eigenvalue weighted by molar-refractivity contribution is 5.93. The normalized spacial score (nSPS) is 17.8. The molecule has 0 heterocycles. The summed E-state index contributed by atoms with van der Waals surface area (Å²) >= 11 is 0. The molecule has 4 heteroatoms. The zero-order chi connectivity index (χ0) is 12.7. The van der Waals surface area contributed by atoms with Gasteiger partial charge >= 0.3 is 11.9 Å². The highest BCUT2D eigenvalue weighted by Crippen LogP contribution is 2.26. The maximum absolute atomic E-state index is 11.6. The number of aliphatic carboxylic acids is 1. The third-order valence-corrected chi connectivity index (χ3v) is 2.97. The van der Waals surface area contributed by atoms with E-state index in [4.69, 9.17) is 9.84 Å². The smallest absolute Gasteiger partial charge is 0.334 e. The summed E-state index contributed by atoms with van der Waals surface area (Å²) in [6.07, 6.45) is 7.21. The van der Waals surface area contributed by atoms with Gasteiger partial charge in [-0.3, -0.25) is 4.79 Å². The van der Waals surface area contributed by atoms with Crippen molar-refractivity contribution < 1.29 is 19.4 Å². The molecule has 0 bridgehead atoms. The monoisotopic (exact) mass is 240 g/mol. The van der Waals surface area contributed by atoms with Crippen LogP contribution < -0.4 is 0 Å². The van der Waals surface area contributed by atoms with Crippen molar-refractivity contribution in [2.24, 2.45) is 5.92 Å². The molecule has 0 aliphatic heterocycles. The summed E-state index contributed by atoms with van der Waals surface area (Å²) in [5.41, 5.74) is 0.297. The van der Waals surface area contributed by atoms with E-state index in [2.05, 4.69) is 0 Å². The van der Waals surface area contributed by atoms with Gasteiger partial charge in [0.15, 0.2) is 0 Å². The Hall–Kier alpha value is -1.32. The van der Waals surface area contributed by atoms with Gasteiger partial charge in [-0.05, 0) is 25.7 Å². The third kappa shape index (κ3) is 5.02. The van der Waals surface area contributed by atoms with Gasteiger partial charge in [-0.2, -0.15) is 0 Å². The van der Waals surface area contributed by atoms with Crippen LogP contribution in [0.4, 0.5) is 0 Å². The number of esters is 1. The molecule has 0 aromatic heterocycles. The molecule has 1 saturated carbocycles. The predicted octanol–water partition coefficient (Wildman–Crippen LogP) is 2.53. The lowest BCUT2D eigenvalue weighted by Gasteiger charge is -2.19. The molecule has 0 saturated heterocycles. The summed E-state index contributed by atoms with van der Waals surface area (Å²) in [4.78, 5) is 22.3. The van der Waals surface area contributed by atoms with Gasteiger partial charge in [0.05, 0.1) is 13.0 Å². The summed E-state index contributed by atoms with van der Waals surface area (Å²) in [6.45, 7) is 2.00. The maximum Gasteiger partial charge on any atom is 0.334 e. The first-order valence-electron chi connectivity index (χ1n) is 6.23. The second-order valence-electron chi connectivity index (χ2n) is 4.38. The van der Waals surface area contributed by atoms with Crippen molar-refractivity contribution in [1.29, 1.82) is 0 Å². The topological polar surface area (TPSA) is 63.6 Å². The quantitative estimate of drug-likeness (QED) is 0.592. The van der Waals surface area contributed by atoms with E-state index in [1.54, 1.807) is 6.92 Å². The average Bonchev–Trinajstić information content (AvgIpc) is 2.29. The largest absolute Gasteiger partial charge is 0.481 e. The van der Waals surface area contributed by atoms with Gasteiger partial charge in [-0.25, -0.2) is 4.79 Å². The van der Waals surface area contributed by atoms with Gasteiger partial charge in [0.2, 0.25) is 0 Å². The Morgan fingerprint density at radius 2 is 1.94 bits per heavy atom. The Morgan fingerprint density at radius 3 is 2.47 bits per heavy atom. The van der Waals surface area contributed by atoms with Crippen molar-refractivity contribution in [3.05, 3.63) is 11.6 Å². The molecule has 0 radical (unpaired) electrons. The van der Waals surface area contributed by atoms with Crippen molar-refractivity contribution in [1.82, 2.24) is 0 Å². The fourth-order valence-electron chi connectivity index (χ4n) is 2.17. The van der Waals surface area contributed by atoms with Crippen LogP contribution in [0.3, 0.4) is 0 Å². The summed E-state index contributed by atoms with van der Waals surface area (Å²) in [5, 5.41) is 8.78. The lowest BCUT2D eigenvalue weighted by atomic mass is 9.87. The van der Waals surface area contributed by atoms with Crippen LogP contribution in [-0.4, -0.2) is 23.7 Å². The first kappa shape index (κ1) is 13.7. The van der Waals surface area contributed by atoms with Gasteiger partial charge in [0.1, 0.15) is 0 Å². The van der Waals surface area contributed by atoms with Gasteiger partial charge in [0, 0.05) is 5.57 Å². The number of ether oxygens (including phenoxy) is 1. The third-order valence-electron chi connectivity index (χ3n) is 2.97. The zero-order valence-electron chi connectivity index (χ0n) is 10.3. The van der Waals surface area contributed by atoms with Crippen molar-refractivity contribution in [2.75, 3.05) is 6.61 Å². The molecule has 0 unspecified atom stereocenters. The Balaban J connectivity index is 2.69. The van der Waals surface area contributed by atoms with E-state index in [-0.39, 0.29) is 13.0 Å². The number of carbonyl (C=O) groups is 2. The minimum absolute atomic E-state index is 0.241. The molecule has 0 aromatic rings. The van der Waals surface area contributed by atoms with E-state index in [0.29, 0.717) is 11.5 Å². The van der Waals surface area contributed by atoms with E-state index in [0.717, 1.165) is 25.7 Å². The molecular formula is C13H20O4. The lowest BCUT2D eigenvalue weighted by molar-refractivity contribution is -0.142. The fraction of sp³-hybridized carbons (Fsp3) is 0.692. The van der Waals surface area contributed by atoms with Gasteiger partial charge < -0.3 is 9.84 Å². The van der Waals surface area contributed by atoms with Crippen LogP contribution in [0.25, 0.3) is 0 Å². The van der Waals surface area contributed by atoms with Crippen LogP contribution in [0.5, 0.6) is 0 Å². The number of hydrogen-bond donors (Lipinski definition) is 1. The molecule has 1 fully saturated rings. The molecule has 1 aliphatic carbocycles. The summed E-state index contributed by atoms with van der Waals surface area (Å²) in [7, 11) is 0. The Morgan fingerprint density at radius 1 is 1.29 bits per heavy atom. The molecule has 96 valence electrons. The molecule has 0 atom stereocenters. The molecule has 0 aromatic carbocycles. The molecule has 4 nitrogen and oxygen atoms in total. The summed E-state index contributed by atoms with van der Waals surface area (Å²) < 4.78 is 4.88. The molecule has 1 N–H and O–H groups in total. The fourth-order valence-corrected chi connectivity index (χ4v) is 2.17. The van der Waals surface area contributed by atoms with Gasteiger partial charge in [0.25, 0.3) is 0 Å². The summed E-state index contributed by atoms with van der Waals surface area (Å²) in [5.74, 6) is -1.14. The van der Waals surface area contributed by atoms with E-state index < -0.39 is 11.9 Å². The molecule has 0 amide bonds. The second-order valence-corrected chi connectivity index (χ2v) is 4.38. The molecule has 1 rings (SSSR count). The maximum atomic E-state index is 11.6. The minimum Gasteiger partial charge on any atom is -0.481 e. The van der Waals surface area contributed by atoms with Crippen LogP contribution in [0.1, 0.15) is 45.4 Å². The number of carboxylic acid groups (broad SMARTS) is 1. The first-order chi connectivity index (χ1) is 8.13. The standard InChI is InChI=1S/C13H20O4/c1-2-17-13(16)11(9-12(14)15)8-10-6-4-3-5-7-10/h8,10H,2-7,9H2,1H3,(H,14,15). The average molecular weight is 240 g/mol. The van der Waals surface area contributed by atoms with Crippen LogP contribution in [0, 0.1) is 5.92 Å². The van der Waals surface area contributed by atoms with Gasteiger partial charge in [-0.1, -0.05) is 25.3 Å². The molecular weight excluding hydrogens is 220 g/mol. The minimum atomic E-state index is -0.986. The number of allylic oxidation sites excluding steroid dienone is 1. The van der Waals surface area contributed by atoms with Crippen molar-refractivity contribution in [2.45, 2.75) is 45.4 Å². The lowest BCUT2D eigenvalue weighted by Crippen LogP contribution is -2.14. The second kappa shape index (κ2) is 7.09. The number of carboxylic acids is 1. The highest BCUT2D eigenvalue weighted by Gasteiger charge is 2.18. The Kier molecular flexibility index (Phi) is 5.73. The summed E-state index contributed by atoms with van der Waals surface area (Å²) in [6, 6.07) is 0. The van der Waals surface area contributed by atoms with E-state index in [1.807, 2.05) is 6.08 Å². The van der Waals surface area contributed by atoms with E-state index in [1.165, 1.54) is 6.42 Å². The van der Waals surface area contributed by atoms with E-state index >= 15 is 0 Å². The Labute approximate surface area is 102 Å². The molecule has 17 heavy (non-hydrogen) atoms. The van der Waals surface area contributed by atoms with Crippen LogP contribution in [0.2, 0.25) is 0 Å². The van der Waals surface area contributed by atoms with Crippen LogP contribution >= 0.6 is 0 Å². The zero-order valence-corrected chi connectivity index (χ0v) is 10.3. The van der Waals surface area contributed by atoms with Crippen LogP contribution in [-0.2, 0) is 14.3 Å². The van der Waals surface area contributed by atoms with Crippen molar-refractivity contribution in [3.8, 4) is 0 Å². The molecule has 1 aliphatic rings. The van der Waals surface area contributed by atoms with Crippen molar-refractivity contribution in [3.63, 3.8) is 0 Å². The SMILES string of the molecule is CCOC(=O)C(=CC1CCCCC1)CC(=O)O. The van der Waals surface area contributed by atoms with Crippen LogP contribution in [0.15, 0.2) is 11.6 Å². The van der Waals surface area contributed by atoms with Gasteiger partial charge in [-0.15, -0.1) is 0 Å². The first-order valence-corrected chi connectivity index (χ1v) is 6.23. The Bertz CT molecular complexity index is 301.